The zero-order valence-corrected chi connectivity index (χ0v) is 15.2. The lowest BCUT2D eigenvalue weighted by atomic mass is 9.97. The van der Waals surface area contributed by atoms with Gasteiger partial charge in [-0.15, -0.1) is 0 Å². The van der Waals surface area contributed by atoms with E-state index < -0.39 is 17.0 Å². The Kier molecular flexibility index (Phi) is 7.12. The molecule has 134 valence electrons. The first-order valence-corrected chi connectivity index (χ1v) is 8.57. The minimum absolute atomic E-state index is 0.0813. The van der Waals surface area contributed by atoms with Crippen molar-refractivity contribution in [2.75, 3.05) is 13.2 Å². The maximum absolute atomic E-state index is 14.7. The van der Waals surface area contributed by atoms with Crippen molar-refractivity contribution >= 4 is 16.8 Å². The Hall–Kier alpha value is -1.75. The van der Waals surface area contributed by atoms with Crippen molar-refractivity contribution < 1.29 is 13.9 Å². The Labute approximate surface area is 153 Å². The molecule has 0 saturated heterocycles. The van der Waals surface area contributed by atoms with Gasteiger partial charge >= 0.3 is 0 Å². The summed E-state index contributed by atoms with van der Waals surface area (Å²) in [5, 5.41) is 2.63. The first kappa shape index (κ1) is 19.6. The van der Waals surface area contributed by atoms with E-state index in [9.17, 15) is 9.18 Å². The fourth-order valence-electron chi connectivity index (χ4n) is 2.52. The summed E-state index contributed by atoms with van der Waals surface area (Å²) in [5.74, 6) is 0. The molecule has 0 heterocycles. The molecule has 25 heavy (non-hydrogen) atoms. The Morgan fingerprint density at radius 3 is 2.00 bits per heavy atom. The van der Waals surface area contributed by atoms with E-state index in [1.54, 1.807) is 13.8 Å². The summed E-state index contributed by atoms with van der Waals surface area (Å²) in [7, 11) is 0. The maximum Gasteiger partial charge on any atom is 0.247 e. The summed E-state index contributed by atoms with van der Waals surface area (Å²) in [5.41, 5.74) is 0.987. The van der Waals surface area contributed by atoms with Gasteiger partial charge in [0, 0.05) is 6.54 Å². The van der Waals surface area contributed by atoms with E-state index in [1.165, 1.54) is 0 Å². The number of alkyl halides is 1. The lowest BCUT2D eigenvalue weighted by Crippen LogP contribution is -2.44. The average molecular weight is 364 g/mol. The van der Waals surface area contributed by atoms with Gasteiger partial charge in [0.2, 0.25) is 5.24 Å². The van der Waals surface area contributed by atoms with Crippen molar-refractivity contribution in [1.29, 1.82) is 0 Å². The molecule has 0 aliphatic heterocycles. The smallest absolute Gasteiger partial charge is 0.247 e. The van der Waals surface area contributed by atoms with Gasteiger partial charge in [-0.1, -0.05) is 60.7 Å². The molecule has 5 heteroatoms. The van der Waals surface area contributed by atoms with Crippen LogP contribution in [-0.2, 0) is 9.53 Å². The second-order valence-corrected chi connectivity index (χ2v) is 6.80. The monoisotopic (exact) mass is 363 g/mol. The highest BCUT2D eigenvalue weighted by Gasteiger charge is 2.31. The van der Waals surface area contributed by atoms with E-state index in [0.29, 0.717) is 0 Å². The molecule has 2 rings (SSSR count). The third-order valence-electron chi connectivity index (χ3n) is 4.08. The molecule has 2 aromatic rings. The fraction of sp³-hybridized carbons (Fsp3) is 0.350. The van der Waals surface area contributed by atoms with Crippen LogP contribution < -0.4 is 5.32 Å². The van der Waals surface area contributed by atoms with Gasteiger partial charge in [0.1, 0.15) is 12.8 Å². The molecule has 0 amide bonds. The number of rotatable bonds is 9. The van der Waals surface area contributed by atoms with Crippen LogP contribution in [0.3, 0.4) is 0 Å². The van der Waals surface area contributed by atoms with Crippen LogP contribution in [0.5, 0.6) is 0 Å². The molecular formula is C20H23ClFNO2. The number of benzene rings is 2. The molecule has 1 unspecified atom stereocenters. The van der Waals surface area contributed by atoms with Gasteiger partial charge in [-0.05, 0) is 36.6 Å². The Balaban J connectivity index is 2.09. The van der Waals surface area contributed by atoms with Crippen molar-refractivity contribution in [3.63, 3.8) is 0 Å². The molecule has 0 saturated carbocycles. The van der Waals surface area contributed by atoms with Crippen LogP contribution in [0.15, 0.2) is 60.7 Å². The van der Waals surface area contributed by atoms with Crippen LogP contribution in [0.4, 0.5) is 4.39 Å². The Morgan fingerprint density at radius 1 is 1.08 bits per heavy atom. The third kappa shape index (κ3) is 5.92. The summed E-state index contributed by atoms with van der Waals surface area (Å²) in [6.45, 7) is 2.99. The number of halogens is 2. The van der Waals surface area contributed by atoms with Crippen molar-refractivity contribution in [1.82, 2.24) is 5.32 Å². The number of carbonyl (C=O) groups excluding carboxylic acids is 1. The van der Waals surface area contributed by atoms with E-state index in [0.717, 1.165) is 11.1 Å². The molecule has 1 atom stereocenters. The number of hydrogen-bond acceptors (Lipinski definition) is 3. The topological polar surface area (TPSA) is 38.3 Å². The van der Waals surface area contributed by atoms with E-state index in [4.69, 9.17) is 16.3 Å². The largest absolute Gasteiger partial charge is 0.363 e. The number of hydrogen-bond donors (Lipinski definition) is 1. The highest BCUT2D eigenvalue weighted by Crippen LogP contribution is 2.24. The summed E-state index contributed by atoms with van der Waals surface area (Å²) < 4.78 is 20.0. The molecule has 0 aromatic heterocycles. The van der Waals surface area contributed by atoms with Crippen LogP contribution in [0.1, 0.15) is 31.0 Å². The summed E-state index contributed by atoms with van der Waals surface area (Å²) >= 11 is 5.27. The average Bonchev–Trinajstić information content (AvgIpc) is 2.62. The van der Waals surface area contributed by atoms with Crippen molar-refractivity contribution in [3.8, 4) is 0 Å². The summed E-state index contributed by atoms with van der Waals surface area (Å²) in [6.07, 6.45) is -1.31. The molecule has 3 nitrogen and oxygen atoms in total. The van der Waals surface area contributed by atoms with Gasteiger partial charge in [-0.3, -0.25) is 4.79 Å². The third-order valence-corrected chi connectivity index (χ3v) is 4.19. The summed E-state index contributed by atoms with van der Waals surface area (Å²) in [4.78, 5) is 10.9. The number of nitrogens with one attached hydrogen (secondary N) is 1. The minimum atomic E-state index is -1.31. The van der Waals surface area contributed by atoms with Crippen LogP contribution in [0.2, 0.25) is 0 Å². The molecule has 0 bridgehead atoms. The fourth-order valence-corrected chi connectivity index (χ4v) is 2.57. The van der Waals surface area contributed by atoms with Gasteiger partial charge in [0.15, 0.2) is 0 Å². The Bertz CT molecular complexity index is 624. The quantitative estimate of drug-likeness (QED) is 0.676. The lowest BCUT2D eigenvalue weighted by molar-refractivity contribution is -0.126. The first-order chi connectivity index (χ1) is 11.9. The number of carbonyl (C=O) groups is 1. The highest BCUT2D eigenvalue weighted by molar-refractivity contribution is 6.63. The zero-order chi connectivity index (χ0) is 18.3. The molecule has 0 aliphatic rings. The van der Waals surface area contributed by atoms with Crippen LogP contribution in [-0.4, -0.2) is 30.2 Å². The van der Waals surface area contributed by atoms with Gasteiger partial charge in [-0.25, -0.2) is 4.39 Å². The Morgan fingerprint density at radius 2 is 1.56 bits per heavy atom. The number of ether oxygens (including phenoxy) is 1. The van der Waals surface area contributed by atoms with E-state index in [-0.39, 0.29) is 19.2 Å². The van der Waals surface area contributed by atoms with Crippen LogP contribution in [0, 0.1) is 0 Å². The maximum atomic E-state index is 14.7. The second-order valence-electron chi connectivity index (χ2n) is 6.38. The molecule has 0 radical (unpaired) electrons. The van der Waals surface area contributed by atoms with Gasteiger partial charge < -0.3 is 10.1 Å². The molecule has 0 fully saturated rings. The zero-order valence-electron chi connectivity index (χ0n) is 14.4. The van der Waals surface area contributed by atoms with Gasteiger partial charge in [-0.2, -0.15) is 0 Å². The SMILES string of the molecule is CC(C)(OCC(=O)Cl)C(F)CNC(c1ccccc1)c1ccccc1. The highest BCUT2D eigenvalue weighted by atomic mass is 35.5. The van der Waals surface area contributed by atoms with Crippen molar-refractivity contribution in [2.24, 2.45) is 0 Å². The standard InChI is InChI=1S/C20H23ClFNO2/c1-20(2,25-14-18(21)24)17(22)13-23-19(15-9-5-3-6-10-15)16-11-7-4-8-12-16/h3-12,17,19,23H,13-14H2,1-2H3. The lowest BCUT2D eigenvalue weighted by Gasteiger charge is -2.30. The van der Waals surface area contributed by atoms with Crippen LogP contribution in [0.25, 0.3) is 0 Å². The van der Waals surface area contributed by atoms with E-state index in [1.807, 2.05) is 60.7 Å². The molecule has 1 N–H and O–H groups in total. The molecule has 0 spiro atoms. The minimum Gasteiger partial charge on any atom is -0.363 e. The second kappa shape index (κ2) is 9.09. The predicted molar refractivity (Wildman–Crippen MR) is 98.5 cm³/mol. The van der Waals surface area contributed by atoms with Gasteiger partial charge in [0.25, 0.3) is 0 Å². The first-order valence-electron chi connectivity index (χ1n) is 8.20. The predicted octanol–water partition coefficient (Wildman–Crippen LogP) is 4.26. The van der Waals surface area contributed by atoms with Crippen LogP contribution >= 0.6 is 11.6 Å². The van der Waals surface area contributed by atoms with Crippen molar-refractivity contribution in [3.05, 3.63) is 71.8 Å². The van der Waals surface area contributed by atoms with E-state index in [2.05, 4.69) is 5.32 Å². The van der Waals surface area contributed by atoms with E-state index >= 15 is 0 Å². The van der Waals surface area contributed by atoms with Crippen molar-refractivity contribution in [2.45, 2.75) is 31.7 Å². The normalized spacial score (nSPS) is 13.0. The van der Waals surface area contributed by atoms with Gasteiger partial charge in [0.05, 0.1) is 11.6 Å². The summed E-state index contributed by atoms with van der Waals surface area (Å²) in [6, 6.07) is 19.6. The molecule has 2 aromatic carbocycles. The molecular weight excluding hydrogens is 341 g/mol. The molecule has 0 aliphatic carbocycles.